The highest BCUT2D eigenvalue weighted by Gasteiger charge is 2.19. The number of alkyl halides is 1. The van der Waals surface area contributed by atoms with Crippen molar-refractivity contribution >= 4 is 17.5 Å². The van der Waals surface area contributed by atoms with Gasteiger partial charge in [-0.1, -0.05) is 18.2 Å². The molecule has 0 spiro atoms. The van der Waals surface area contributed by atoms with Gasteiger partial charge in [-0.2, -0.15) is 0 Å². The number of allylic oxidation sites excluding steroid dienone is 1. The third kappa shape index (κ3) is 2.96. The number of fused-ring (bicyclic) bond motifs is 1. The Kier molecular flexibility index (Phi) is 4.47. The van der Waals surface area contributed by atoms with Crippen molar-refractivity contribution < 1.29 is 14.3 Å². The van der Waals surface area contributed by atoms with Crippen molar-refractivity contribution in [3.63, 3.8) is 0 Å². The van der Waals surface area contributed by atoms with E-state index < -0.39 is 0 Å². The monoisotopic (exact) mass is 267 g/mol. The Labute approximate surface area is 111 Å². The third-order valence-corrected chi connectivity index (χ3v) is 2.63. The number of rotatable bonds is 4. The number of hydrogen-bond acceptors (Lipinski definition) is 3. The number of ether oxygens (including phenoxy) is 2. The maximum atomic E-state index is 12.0. The largest absolute Gasteiger partial charge is 0.486 e. The summed E-state index contributed by atoms with van der Waals surface area (Å²) in [6, 6.07) is 5.28. The average molecular weight is 268 g/mol. The number of hydrogen-bond donors (Lipinski definition) is 1. The van der Waals surface area contributed by atoms with Gasteiger partial charge in [0.05, 0.1) is 5.56 Å². The second-order valence-electron chi connectivity index (χ2n) is 3.67. The minimum atomic E-state index is -0.184. The van der Waals surface area contributed by atoms with Gasteiger partial charge >= 0.3 is 0 Å². The van der Waals surface area contributed by atoms with E-state index in [-0.39, 0.29) is 5.91 Å². The fourth-order valence-corrected chi connectivity index (χ4v) is 1.77. The molecule has 0 unspecified atom stereocenters. The summed E-state index contributed by atoms with van der Waals surface area (Å²) >= 11 is 5.49. The molecule has 1 heterocycles. The van der Waals surface area contributed by atoms with E-state index in [2.05, 4.69) is 5.32 Å². The molecule has 18 heavy (non-hydrogen) atoms. The van der Waals surface area contributed by atoms with Gasteiger partial charge in [0, 0.05) is 12.4 Å². The van der Waals surface area contributed by atoms with Gasteiger partial charge in [0.15, 0.2) is 11.5 Å². The Morgan fingerprint density at radius 3 is 3.00 bits per heavy atom. The summed E-state index contributed by atoms with van der Waals surface area (Å²) in [6.45, 7) is 1.41. The number of benzene rings is 1. The van der Waals surface area contributed by atoms with Crippen molar-refractivity contribution in [2.45, 2.75) is 0 Å². The minimum Gasteiger partial charge on any atom is -0.486 e. The lowest BCUT2D eigenvalue weighted by Crippen LogP contribution is -2.25. The van der Waals surface area contributed by atoms with Crippen LogP contribution in [0.1, 0.15) is 10.4 Å². The molecule has 96 valence electrons. The molecular weight excluding hydrogens is 254 g/mol. The zero-order chi connectivity index (χ0) is 12.8. The van der Waals surface area contributed by atoms with Crippen molar-refractivity contribution in [2.24, 2.45) is 0 Å². The lowest BCUT2D eigenvalue weighted by molar-refractivity contribution is 0.0947. The van der Waals surface area contributed by atoms with Crippen LogP contribution in [0.25, 0.3) is 0 Å². The van der Waals surface area contributed by atoms with Gasteiger partial charge in [-0.3, -0.25) is 4.79 Å². The van der Waals surface area contributed by atoms with Crippen molar-refractivity contribution in [3.05, 3.63) is 35.9 Å². The Hall–Kier alpha value is -1.68. The van der Waals surface area contributed by atoms with Crippen LogP contribution < -0.4 is 14.8 Å². The highest BCUT2D eigenvalue weighted by molar-refractivity contribution is 6.18. The zero-order valence-electron chi connectivity index (χ0n) is 9.82. The predicted octanol–water partition coefficient (Wildman–Crippen LogP) is 1.98. The smallest absolute Gasteiger partial charge is 0.255 e. The zero-order valence-corrected chi connectivity index (χ0v) is 10.6. The number of carbonyl (C=O) groups is 1. The summed E-state index contributed by atoms with van der Waals surface area (Å²) in [7, 11) is 0. The van der Waals surface area contributed by atoms with E-state index in [9.17, 15) is 4.79 Å². The SMILES string of the molecule is O=C(NC/C=C/CCl)c1cccc2c1OCCO2. The second kappa shape index (κ2) is 6.31. The summed E-state index contributed by atoms with van der Waals surface area (Å²) in [6.07, 6.45) is 3.58. The van der Waals surface area contributed by atoms with Crippen LogP contribution in [-0.2, 0) is 0 Å². The number of para-hydroxylation sites is 1. The number of nitrogens with one attached hydrogen (secondary N) is 1. The van der Waals surface area contributed by atoms with E-state index >= 15 is 0 Å². The first kappa shape index (κ1) is 12.8. The summed E-state index contributed by atoms with van der Waals surface area (Å²) in [4.78, 5) is 12.0. The third-order valence-electron chi connectivity index (χ3n) is 2.45. The molecule has 1 N–H and O–H groups in total. The second-order valence-corrected chi connectivity index (χ2v) is 3.97. The van der Waals surface area contributed by atoms with E-state index in [4.69, 9.17) is 21.1 Å². The molecule has 1 aromatic carbocycles. The lowest BCUT2D eigenvalue weighted by Gasteiger charge is -2.20. The van der Waals surface area contributed by atoms with Crippen LogP contribution >= 0.6 is 11.6 Å². The Morgan fingerprint density at radius 1 is 1.33 bits per heavy atom. The van der Waals surface area contributed by atoms with Crippen molar-refractivity contribution in [1.82, 2.24) is 5.32 Å². The molecule has 1 amide bonds. The summed E-state index contributed by atoms with van der Waals surface area (Å²) in [5, 5.41) is 2.76. The normalized spacial score (nSPS) is 13.6. The van der Waals surface area contributed by atoms with E-state index in [0.29, 0.717) is 42.7 Å². The van der Waals surface area contributed by atoms with Crippen LogP contribution in [0.4, 0.5) is 0 Å². The van der Waals surface area contributed by atoms with Gasteiger partial charge in [0.25, 0.3) is 5.91 Å². The van der Waals surface area contributed by atoms with Crippen LogP contribution in [0.5, 0.6) is 11.5 Å². The van der Waals surface area contributed by atoms with E-state index in [1.807, 2.05) is 0 Å². The number of carbonyl (C=O) groups excluding carboxylic acids is 1. The molecule has 1 aliphatic rings. The summed E-state index contributed by atoms with van der Waals surface area (Å²) in [5.41, 5.74) is 0.492. The average Bonchev–Trinajstić information content (AvgIpc) is 2.43. The first-order valence-electron chi connectivity index (χ1n) is 5.70. The molecule has 4 nitrogen and oxygen atoms in total. The molecule has 2 rings (SSSR count). The van der Waals surface area contributed by atoms with E-state index in [1.165, 1.54) is 0 Å². The highest BCUT2D eigenvalue weighted by atomic mass is 35.5. The Balaban J connectivity index is 2.08. The van der Waals surface area contributed by atoms with Gasteiger partial charge in [0.1, 0.15) is 13.2 Å². The molecule has 5 heteroatoms. The standard InChI is InChI=1S/C13H14ClNO3/c14-6-1-2-7-15-13(16)10-4-3-5-11-12(10)18-9-8-17-11/h1-5H,6-9H2,(H,15,16)/b2-1+. The molecule has 1 aliphatic heterocycles. The van der Waals surface area contributed by atoms with Gasteiger partial charge in [-0.05, 0) is 12.1 Å². The molecule has 0 aromatic heterocycles. The van der Waals surface area contributed by atoms with Crippen molar-refractivity contribution in [1.29, 1.82) is 0 Å². The fraction of sp³-hybridized carbons (Fsp3) is 0.308. The maximum absolute atomic E-state index is 12.0. The van der Waals surface area contributed by atoms with Gasteiger partial charge in [-0.25, -0.2) is 0 Å². The molecule has 0 bridgehead atoms. The topological polar surface area (TPSA) is 47.6 Å². The van der Waals surface area contributed by atoms with Crippen LogP contribution in [0, 0.1) is 0 Å². The van der Waals surface area contributed by atoms with Crippen LogP contribution in [0.15, 0.2) is 30.4 Å². The Morgan fingerprint density at radius 2 is 2.17 bits per heavy atom. The van der Waals surface area contributed by atoms with Gasteiger partial charge < -0.3 is 14.8 Å². The predicted molar refractivity (Wildman–Crippen MR) is 69.6 cm³/mol. The molecule has 0 aliphatic carbocycles. The lowest BCUT2D eigenvalue weighted by atomic mass is 10.1. The number of halogens is 1. The summed E-state index contributed by atoms with van der Waals surface area (Å²) < 4.78 is 10.9. The van der Waals surface area contributed by atoms with Crippen molar-refractivity contribution in [3.8, 4) is 11.5 Å². The first-order valence-corrected chi connectivity index (χ1v) is 6.24. The van der Waals surface area contributed by atoms with E-state index in [0.717, 1.165) is 0 Å². The van der Waals surface area contributed by atoms with Gasteiger partial charge in [0.2, 0.25) is 0 Å². The fourth-order valence-electron chi connectivity index (χ4n) is 1.65. The molecular formula is C13H14ClNO3. The molecule has 0 atom stereocenters. The van der Waals surface area contributed by atoms with Crippen LogP contribution in [0.2, 0.25) is 0 Å². The van der Waals surface area contributed by atoms with E-state index in [1.54, 1.807) is 30.4 Å². The first-order chi connectivity index (χ1) is 8.83. The molecule has 0 radical (unpaired) electrons. The molecule has 0 saturated heterocycles. The minimum absolute atomic E-state index is 0.184. The number of amides is 1. The van der Waals surface area contributed by atoms with Crippen LogP contribution in [-0.4, -0.2) is 31.5 Å². The quantitative estimate of drug-likeness (QED) is 0.670. The molecule has 0 saturated carbocycles. The van der Waals surface area contributed by atoms with Crippen molar-refractivity contribution in [2.75, 3.05) is 25.6 Å². The molecule has 1 aromatic rings. The van der Waals surface area contributed by atoms with Gasteiger partial charge in [-0.15, -0.1) is 11.6 Å². The molecule has 0 fully saturated rings. The Bertz CT molecular complexity index is 460. The highest BCUT2D eigenvalue weighted by Crippen LogP contribution is 2.33. The summed E-state index contributed by atoms with van der Waals surface area (Å²) in [5.74, 6) is 1.39. The maximum Gasteiger partial charge on any atom is 0.255 e. The van der Waals surface area contributed by atoms with Crippen LogP contribution in [0.3, 0.4) is 0 Å².